The van der Waals surface area contributed by atoms with Crippen molar-refractivity contribution in [1.29, 1.82) is 0 Å². The molecule has 190 valence electrons. The standard InChI is InChI=1S/C30H29NO6/c1-30(2,3)19-10-12-20(13-11-19)31-26(21-7-5-6-8-22(21)35-4)25(28(33)29(31)34)27(32)18-9-14-23-24(17-18)37-16-15-36-23/h5-14,17,26,32H,15-16H2,1-4H3/b27-25+. The molecule has 0 saturated carbocycles. The first kappa shape index (κ1) is 24.4. The van der Waals surface area contributed by atoms with Crippen LogP contribution in [-0.2, 0) is 15.0 Å². The van der Waals surface area contributed by atoms with E-state index in [9.17, 15) is 14.7 Å². The Balaban J connectivity index is 1.69. The van der Waals surface area contributed by atoms with Crippen LogP contribution in [0, 0.1) is 0 Å². The molecule has 3 aromatic rings. The number of ketones is 1. The van der Waals surface area contributed by atoms with Crippen molar-refractivity contribution < 1.29 is 28.9 Å². The van der Waals surface area contributed by atoms with Gasteiger partial charge in [0.05, 0.1) is 18.7 Å². The van der Waals surface area contributed by atoms with Crippen LogP contribution in [0.25, 0.3) is 5.76 Å². The van der Waals surface area contributed by atoms with Gasteiger partial charge in [-0.15, -0.1) is 0 Å². The highest BCUT2D eigenvalue weighted by Gasteiger charge is 2.48. The third-order valence-electron chi connectivity index (χ3n) is 6.71. The van der Waals surface area contributed by atoms with Gasteiger partial charge < -0.3 is 19.3 Å². The number of methoxy groups -OCH3 is 1. The molecule has 1 unspecified atom stereocenters. The number of Topliss-reactive ketones (excluding diaryl/α,β-unsaturated/α-hetero) is 1. The second-order valence-electron chi connectivity index (χ2n) is 10.1. The normalized spacial score (nSPS) is 18.7. The molecule has 1 atom stereocenters. The molecule has 1 fully saturated rings. The summed E-state index contributed by atoms with van der Waals surface area (Å²) in [5, 5.41) is 11.5. The van der Waals surface area contributed by atoms with E-state index >= 15 is 0 Å². The van der Waals surface area contributed by atoms with Crippen molar-refractivity contribution in [1.82, 2.24) is 0 Å². The van der Waals surface area contributed by atoms with E-state index < -0.39 is 17.7 Å². The topological polar surface area (TPSA) is 85.3 Å². The van der Waals surface area contributed by atoms with Crippen LogP contribution in [0.5, 0.6) is 17.2 Å². The van der Waals surface area contributed by atoms with Gasteiger partial charge in [-0.3, -0.25) is 14.5 Å². The third kappa shape index (κ3) is 4.31. The average molecular weight is 500 g/mol. The zero-order chi connectivity index (χ0) is 26.3. The average Bonchev–Trinajstić information content (AvgIpc) is 3.17. The quantitative estimate of drug-likeness (QED) is 0.294. The lowest BCUT2D eigenvalue weighted by Crippen LogP contribution is -2.29. The van der Waals surface area contributed by atoms with Gasteiger partial charge in [0, 0.05) is 16.8 Å². The summed E-state index contributed by atoms with van der Waals surface area (Å²) in [6.07, 6.45) is 0. The van der Waals surface area contributed by atoms with E-state index in [0.29, 0.717) is 47.3 Å². The molecule has 5 rings (SSSR count). The van der Waals surface area contributed by atoms with Crippen LogP contribution in [0.3, 0.4) is 0 Å². The second-order valence-corrected chi connectivity index (χ2v) is 10.1. The number of fused-ring (bicyclic) bond motifs is 1. The highest BCUT2D eigenvalue weighted by molar-refractivity contribution is 6.51. The minimum atomic E-state index is -0.898. The second kappa shape index (κ2) is 9.32. The largest absolute Gasteiger partial charge is 0.507 e. The maximum Gasteiger partial charge on any atom is 0.300 e. The number of para-hydroxylation sites is 1. The van der Waals surface area contributed by atoms with Gasteiger partial charge in [0.2, 0.25) is 0 Å². The molecule has 37 heavy (non-hydrogen) atoms. The van der Waals surface area contributed by atoms with Crippen LogP contribution in [0.2, 0.25) is 0 Å². The number of hydrogen-bond donors (Lipinski definition) is 1. The highest BCUT2D eigenvalue weighted by Crippen LogP contribution is 2.45. The van der Waals surface area contributed by atoms with Gasteiger partial charge >= 0.3 is 0 Å². The molecule has 2 heterocycles. The van der Waals surface area contributed by atoms with Gasteiger partial charge in [-0.25, -0.2) is 0 Å². The minimum absolute atomic E-state index is 0.0222. The fraction of sp³-hybridized carbons (Fsp3) is 0.267. The van der Waals surface area contributed by atoms with E-state index in [0.717, 1.165) is 5.56 Å². The smallest absolute Gasteiger partial charge is 0.300 e. The first-order valence-electron chi connectivity index (χ1n) is 12.1. The molecule has 1 amide bonds. The number of amides is 1. The van der Waals surface area contributed by atoms with E-state index in [1.807, 2.05) is 36.4 Å². The Morgan fingerprint density at radius 3 is 2.30 bits per heavy atom. The Morgan fingerprint density at radius 1 is 0.946 bits per heavy atom. The van der Waals surface area contributed by atoms with Crippen LogP contribution in [-0.4, -0.2) is 37.1 Å². The number of benzene rings is 3. The number of carbonyl (C=O) groups excluding carboxylic acids is 2. The van der Waals surface area contributed by atoms with E-state index in [2.05, 4.69) is 20.8 Å². The van der Waals surface area contributed by atoms with Crippen LogP contribution >= 0.6 is 0 Å². The van der Waals surface area contributed by atoms with Crippen molar-refractivity contribution in [2.45, 2.75) is 32.2 Å². The lowest BCUT2D eigenvalue weighted by molar-refractivity contribution is -0.132. The highest BCUT2D eigenvalue weighted by atomic mass is 16.6. The third-order valence-corrected chi connectivity index (χ3v) is 6.71. The summed E-state index contributed by atoms with van der Waals surface area (Å²) in [6.45, 7) is 7.14. The first-order chi connectivity index (χ1) is 17.7. The number of carbonyl (C=O) groups is 2. The number of aliphatic hydroxyl groups excluding tert-OH is 1. The fourth-order valence-corrected chi connectivity index (χ4v) is 4.75. The van der Waals surface area contributed by atoms with Crippen LogP contribution in [0.15, 0.2) is 72.3 Å². The van der Waals surface area contributed by atoms with E-state index in [1.165, 1.54) is 12.0 Å². The molecular weight excluding hydrogens is 470 g/mol. The fourth-order valence-electron chi connectivity index (χ4n) is 4.75. The number of ether oxygens (including phenoxy) is 3. The van der Waals surface area contributed by atoms with Gasteiger partial charge in [-0.2, -0.15) is 0 Å². The van der Waals surface area contributed by atoms with Crippen molar-refractivity contribution >= 4 is 23.1 Å². The predicted molar refractivity (Wildman–Crippen MR) is 140 cm³/mol. The molecule has 0 spiro atoms. The van der Waals surface area contributed by atoms with Gasteiger partial charge in [0.25, 0.3) is 11.7 Å². The number of anilines is 1. The molecule has 1 saturated heterocycles. The molecule has 0 radical (unpaired) electrons. The van der Waals surface area contributed by atoms with Crippen LogP contribution in [0.1, 0.15) is 43.5 Å². The Morgan fingerprint density at radius 2 is 1.62 bits per heavy atom. The summed E-state index contributed by atoms with van der Waals surface area (Å²) >= 11 is 0. The number of rotatable bonds is 4. The Kier molecular flexibility index (Phi) is 6.15. The van der Waals surface area contributed by atoms with Crippen molar-refractivity contribution in [3.8, 4) is 17.2 Å². The van der Waals surface area contributed by atoms with E-state index in [1.54, 1.807) is 30.3 Å². The molecule has 2 aliphatic rings. The minimum Gasteiger partial charge on any atom is -0.507 e. The number of nitrogens with zero attached hydrogens (tertiary/aromatic N) is 1. The van der Waals surface area contributed by atoms with Crippen molar-refractivity contribution in [3.63, 3.8) is 0 Å². The summed E-state index contributed by atoms with van der Waals surface area (Å²) in [5.74, 6) is -0.264. The monoisotopic (exact) mass is 499 g/mol. The summed E-state index contributed by atoms with van der Waals surface area (Å²) < 4.78 is 16.8. The van der Waals surface area contributed by atoms with Gasteiger partial charge in [-0.1, -0.05) is 51.1 Å². The summed E-state index contributed by atoms with van der Waals surface area (Å²) in [6, 6.07) is 18.8. The zero-order valence-corrected chi connectivity index (χ0v) is 21.3. The zero-order valence-electron chi connectivity index (χ0n) is 21.3. The molecule has 1 N–H and O–H groups in total. The maximum atomic E-state index is 13.5. The van der Waals surface area contributed by atoms with E-state index in [-0.39, 0.29) is 16.7 Å². The van der Waals surface area contributed by atoms with Gasteiger partial charge in [0.1, 0.15) is 24.7 Å². The van der Waals surface area contributed by atoms with Crippen LogP contribution in [0.4, 0.5) is 5.69 Å². The van der Waals surface area contributed by atoms with Crippen molar-refractivity contribution in [3.05, 3.63) is 89.0 Å². The van der Waals surface area contributed by atoms with Crippen molar-refractivity contribution in [2.75, 3.05) is 25.2 Å². The SMILES string of the molecule is COc1ccccc1C1/C(=C(\O)c2ccc3c(c2)OCCO3)C(=O)C(=O)N1c1ccc(C(C)(C)C)cc1. The lowest BCUT2D eigenvalue weighted by atomic mass is 9.87. The first-order valence-corrected chi connectivity index (χ1v) is 12.1. The molecule has 7 nitrogen and oxygen atoms in total. The molecule has 7 heteroatoms. The molecular formula is C30H29NO6. The number of hydrogen-bond acceptors (Lipinski definition) is 6. The molecule has 0 aromatic heterocycles. The summed E-state index contributed by atoms with van der Waals surface area (Å²) in [4.78, 5) is 28.4. The summed E-state index contributed by atoms with van der Waals surface area (Å²) in [5.41, 5.74) is 2.48. The lowest BCUT2D eigenvalue weighted by Gasteiger charge is -2.27. The number of aliphatic hydroxyl groups is 1. The molecule has 2 aliphatic heterocycles. The Labute approximate surface area is 215 Å². The summed E-state index contributed by atoms with van der Waals surface area (Å²) in [7, 11) is 1.53. The Bertz CT molecular complexity index is 1400. The molecule has 0 bridgehead atoms. The van der Waals surface area contributed by atoms with Gasteiger partial charge in [-0.05, 0) is 47.4 Å². The maximum absolute atomic E-state index is 13.5. The van der Waals surface area contributed by atoms with E-state index in [4.69, 9.17) is 14.2 Å². The predicted octanol–water partition coefficient (Wildman–Crippen LogP) is 5.39. The van der Waals surface area contributed by atoms with Crippen LogP contribution < -0.4 is 19.1 Å². The van der Waals surface area contributed by atoms with Gasteiger partial charge in [0.15, 0.2) is 11.5 Å². The molecule has 3 aromatic carbocycles. The molecule has 0 aliphatic carbocycles. The van der Waals surface area contributed by atoms with Crippen molar-refractivity contribution in [2.24, 2.45) is 0 Å². The Hall–Kier alpha value is -4.26.